The summed E-state index contributed by atoms with van der Waals surface area (Å²) < 4.78 is 0. The van der Waals surface area contributed by atoms with Crippen molar-refractivity contribution in [3.8, 4) is 0 Å². The average Bonchev–Trinajstić information content (AvgIpc) is 2.64. The largest absolute Gasteiger partial charge is 0.372 e. The Hall–Kier alpha value is -2.22. The van der Waals surface area contributed by atoms with E-state index in [-0.39, 0.29) is 0 Å². The second-order valence-corrected chi connectivity index (χ2v) is 5.83. The molecule has 2 nitrogen and oxygen atoms in total. The molecule has 0 heterocycles. The van der Waals surface area contributed by atoms with Crippen molar-refractivity contribution in [2.75, 3.05) is 36.0 Å². The van der Waals surface area contributed by atoms with Gasteiger partial charge in [0.25, 0.3) is 0 Å². The summed E-state index contributed by atoms with van der Waals surface area (Å²) in [6.07, 6.45) is 4.43. The van der Waals surface area contributed by atoms with Crippen LogP contribution in [-0.4, -0.2) is 26.2 Å². The molecule has 2 aromatic rings. The first-order chi connectivity index (χ1) is 11.7. The van der Waals surface area contributed by atoms with Crippen LogP contribution in [0.4, 0.5) is 11.4 Å². The molecule has 0 N–H and O–H groups in total. The van der Waals surface area contributed by atoms with Crippen molar-refractivity contribution in [2.45, 2.75) is 27.7 Å². The van der Waals surface area contributed by atoms with Crippen LogP contribution in [0, 0.1) is 0 Å². The predicted molar refractivity (Wildman–Crippen MR) is 109 cm³/mol. The molecular weight excluding hydrogens is 292 g/mol. The van der Waals surface area contributed by atoms with Crippen molar-refractivity contribution in [3.63, 3.8) is 0 Å². The molecule has 0 bridgehead atoms. The molecule has 0 fully saturated rings. The van der Waals surface area contributed by atoms with Gasteiger partial charge in [-0.25, -0.2) is 0 Å². The van der Waals surface area contributed by atoms with Crippen molar-refractivity contribution in [1.82, 2.24) is 0 Å². The van der Waals surface area contributed by atoms with Crippen LogP contribution in [0.2, 0.25) is 0 Å². The fourth-order valence-electron chi connectivity index (χ4n) is 3.05. The number of hydrogen-bond acceptors (Lipinski definition) is 2. The number of rotatable bonds is 8. The van der Waals surface area contributed by atoms with Gasteiger partial charge in [-0.15, -0.1) is 0 Å². The minimum absolute atomic E-state index is 1.03. The van der Waals surface area contributed by atoms with E-state index in [1.165, 1.54) is 22.5 Å². The summed E-state index contributed by atoms with van der Waals surface area (Å²) in [6.45, 7) is 12.9. The van der Waals surface area contributed by atoms with Gasteiger partial charge in [0.2, 0.25) is 0 Å². The van der Waals surface area contributed by atoms with E-state index in [1.54, 1.807) is 0 Å². The molecule has 0 radical (unpaired) electrons. The molecule has 0 aliphatic carbocycles. The average molecular weight is 322 g/mol. The third kappa shape index (κ3) is 4.41. The smallest absolute Gasteiger partial charge is 0.0439 e. The number of anilines is 2. The van der Waals surface area contributed by atoms with Gasteiger partial charge in [-0.05, 0) is 57.0 Å². The highest BCUT2D eigenvalue weighted by Gasteiger charge is 2.05. The van der Waals surface area contributed by atoms with Crippen molar-refractivity contribution >= 4 is 23.5 Å². The minimum atomic E-state index is 1.03. The highest BCUT2D eigenvalue weighted by atomic mass is 15.1. The van der Waals surface area contributed by atoms with Crippen LogP contribution in [-0.2, 0) is 0 Å². The SMILES string of the molecule is CCN(CC)c1ccc(C=Cc2ccccc2N(CC)CC)cc1. The van der Waals surface area contributed by atoms with Crippen molar-refractivity contribution < 1.29 is 0 Å². The molecular formula is C22H30N2. The fraction of sp³-hybridized carbons (Fsp3) is 0.364. The Kier molecular flexibility index (Phi) is 6.92. The van der Waals surface area contributed by atoms with Crippen LogP contribution < -0.4 is 9.80 Å². The number of para-hydroxylation sites is 1. The summed E-state index contributed by atoms with van der Waals surface area (Å²) in [5, 5.41) is 0. The summed E-state index contributed by atoms with van der Waals surface area (Å²) in [6, 6.07) is 17.4. The Bertz CT molecular complexity index is 635. The van der Waals surface area contributed by atoms with E-state index in [0.29, 0.717) is 0 Å². The molecule has 0 unspecified atom stereocenters. The molecule has 0 aromatic heterocycles. The summed E-state index contributed by atoms with van der Waals surface area (Å²) >= 11 is 0. The zero-order chi connectivity index (χ0) is 17.4. The highest BCUT2D eigenvalue weighted by molar-refractivity contribution is 5.77. The molecule has 0 saturated carbocycles. The second kappa shape index (κ2) is 9.17. The highest BCUT2D eigenvalue weighted by Crippen LogP contribution is 2.23. The molecule has 128 valence electrons. The lowest BCUT2D eigenvalue weighted by Crippen LogP contribution is -2.22. The Balaban J connectivity index is 2.19. The first kappa shape index (κ1) is 18.1. The van der Waals surface area contributed by atoms with Gasteiger partial charge in [0.05, 0.1) is 0 Å². The maximum atomic E-state index is 2.39. The fourth-order valence-corrected chi connectivity index (χ4v) is 3.05. The van der Waals surface area contributed by atoms with Gasteiger partial charge in [0.15, 0.2) is 0 Å². The van der Waals surface area contributed by atoms with E-state index in [1.807, 2.05) is 0 Å². The van der Waals surface area contributed by atoms with Gasteiger partial charge in [-0.1, -0.05) is 42.5 Å². The standard InChI is InChI=1S/C22H30N2/c1-5-23(6-2)21-17-14-19(15-18-21)13-16-20-11-9-10-12-22(20)24(7-3)8-4/h9-18H,5-8H2,1-4H3. The lowest BCUT2D eigenvalue weighted by atomic mass is 10.1. The Morgan fingerprint density at radius 1 is 0.667 bits per heavy atom. The normalized spacial score (nSPS) is 11.0. The molecule has 2 heteroatoms. The molecule has 0 aliphatic rings. The first-order valence-electron chi connectivity index (χ1n) is 9.10. The summed E-state index contributed by atoms with van der Waals surface area (Å²) in [7, 11) is 0. The molecule has 2 aromatic carbocycles. The van der Waals surface area contributed by atoms with Gasteiger partial charge in [-0.3, -0.25) is 0 Å². The second-order valence-electron chi connectivity index (χ2n) is 5.83. The summed E-state index contributed by atoms with van der Waals surface area (Å²) in [5.41, 5.74) is 5.11. The maximum absolute atomic E-state index is 2.39. The van der Waals surface area contributed by atoms with E-state index >= 15 is 0 Å². The Labute approximate surface area is 147 Å². The van der Waals surface area contributed by atoms with Gasteiger partial charge in [-0.2, -0.15) is 0 Å². The molecule has 2 rings (SSSR count). The van der Waals surface area contributed by atoms with Crippen LogP contribution in [0.5, 0.6) is 0 Å². The number of benzene rings is 2. The number of nitrogens with zero attached hydrogens (tertiary/aromatic N) is 2. The van der Waals surface area contributed by atoms with Crippen LogP contribution in [0.15, 0.2) is 48.5 Å². The summed E-state index contributed by atoms with van der Waals surface area (Å²) in [5.74, 6) is 0. The molecule has 24 heavy (non-hydrogen) atoms. The summed E-state index contributed by atoms with van der Waals surface area (Å²) in [4.78, 5) is 4.76. The van der Waals surface area contributed by atoms with Gasteiger partial charge in [0.1, 0.15) is 0 Å². The van der Waals surface area contributed by atoms with Gasteiger partial charge in [0, 0.05) is 37.6 Å². The molecule has 0 spiro atoms. The van der Waals surface area contributed by atoms with Crippen molar-refractivity contribution in [1.29, 1.82) is 0 Å². The van der Waals surface area contributed by atoms with Crippen molar-refractivity contribution in [2.24, 2.45) is 0 Å². The van der Waals surface area contributed by atoms with Gasteiger partial charge < -0.3 is 9.80 Å². The molecule has 0 amide bonds. The van der Waals surface area contributed by atoms with Crippen molar-refractivity contribution in [3.05, 3.63) is 59.7 Å². The lowest BCUT2D eigenvalue weighted by molar-refractivity contribution is 0.865. The molecule has 0 saturated heterocycles. The Morgan fingerprint density at radius 3 is 1.83 bits per heavy atom. The van der Waals surface area contributed by atoms with E-state index in [9.17, 15) is 0 Å². The van der Waals surface area contributed by atoms with E-state index in [4.69, 9.17) is 0 Å². The minimum Gasteiger partial charge on any atom is -0.372 e. The van der Waals surface area contributed by atoms with Gasteiger partial charge >= 0.3 is 0 Å². The lowest BCUT2D eigenvalue weighted by Gasteiger charge is -2.23. The molecule has 0 aliphatic heterocycles. The zero-order valence-corrected chi connectivity index (χ0v) is 15.5. The molecule has 0 atom stereocenters. The first-order valence-corrected chi connectivity index (χ1v) is 9.10. The van der Waals surface area contributed by atoms with Crippen LogP contribution >= 0.6 is 0 Å². The van der Waals surface area contributed by atoms with E-state index in [2.05, 4.69) is 98.2 Å². The quantitative estimate of drug-likeness (QED) is 0.588. The van der Waals surface area contributed by atoms with Crippen LogP contribution in [0.1, 0.15) is 38.8 Å². The topological polar surface area (TPSA) is 6.48 Å². The predicted octanol–water partition coefficient (Wildman–Crippen LogP) is 5.55. The van der Waals surface area contributed by atoms with E-state index in [0.717, 1.165) is 26.2 Å². The van der Waals surface area contributed by atoms with Crippen LogP contribution in [0.25, 0.3) is 12.2 Å². The van der Waals surface area contributed by atoms with Crippen LogP contribution in [0.3, 0.4) is 0 Å². The number of hydrogen-bond donors (Lipinski definition) is 0. The monoisotopic (exact) mass is 322 g/mol. The third-order valence-corrected chi connectivity index (χ3v) is 4.52. The Morgan fingerprint density at radius 2 is 1.25 bits per heavy atom. The zero-order valence-electron chi connectivity index (χ0n) is 15.5. The maximum Gasteiger partial charge on any atom is 0.0439 e. The third-order valence-electron chi connectivity index (χ3n) is 4.52. The van der Waals surface area contributed by atoms with E-state index < -0.39 is 0 Å².